The van der Waals surface area contributed by atoms with Crippen molar-refractivity contribution in [3.8, 4) is 11.5 Å². The summed E-state index contributed by atoms with van der Waals surface area (Å²) >= 11 is 1.28. The molecule has 35 heavy (non-hydrogen) atoms. The van der Waals surface area contributed by atoms with E-state index in [2.05, 4.69) is 10.3 Å². The summed E-state index contributed by atoms with van der Waals surface area (Å²) in [6, 6.07) is 24.8. The van der Waals surface area contributed by atoms with Crippen LogP contribution >= 0.6 is 11.3 Å². The van der Waals surface area contributed by atoms with Gasteiger partial charge in [-0.05, 0) is 42.0 Å². The molecule has 0 radical (unpaired) electrons. The second-order valence-electron chi connectivity index (χ2n) is 7.91. The van der Waals surface area contributed by atoms with Crippen LogP contribution in [0.5, 0.6) is 0 Å². The van der Waals surface area contributed by atoms with Crippen LogP contribution in [0.25, 0.3) is 22.4 Å². The fraction of sp³-hybridized carbons (Fsp3) is 0.0769. The first-order valence-corrected chi connectivity index (χ1v) is 13.1. The largest absolute Gasteiger partial charge is 0.454 e. The van der Waals surface area contributed by atoms with Crippen molar-refractivity contribution in [1.82, 2.24) is 9.29 Å². The third-order valence-electron chi connectivity index (χ3n) is 5.48. The Bertz CT molecular complexity index is 1560. The summed E-state index contributed by atoms with van der Waals surface area (Å²) in [4.78, 5) is 17.3. The van der Waals surface area contributed by atoms with Crippen molar-refractivity contribution in [2.75, 3.05) is 12.4 Å². The molecule has 9 heteroatoms. The van der Waals surface area contributed by atoms with E-state index >= 15 is 0 Å². The van der Waals surface area contributed by atoms with Crippen molar-refractivity contribution in [2.45, 2.75) is 11.4 Å². The maximum atomic E-state index is 12.9. The number of amides is 1. The molecule has 0 aliphatic heterocycles. The Kier molecular flexibility index (Phi) is 6.21. The van der Waals surface area contributed by atoms with Gasteiger partial charge >= 0.3 is 0 Å². The van der Waals surface area contributed by atoms with Crippen LogP contribution in [0.15, 0.2) is 99.6 Å². The number of rotatable bonds is 7. The van der Waals surface area contributed by atoms with Gasteiger partial charge in [0.2, 0.25) is 10.0 Å². The van der Waals surface area contributed by atoms with Crippen LogP contribution in [0.3, 0.4) is 0 Å². The molecule has 0 atom stereocenters. The highest BCUT2D eigenvalue weighted by Gasteiger charge is 2.21. The molecule has 0 spiro atoms. The van der Waals surface area contributed by atoms with Crippen molar-refractivity contribution >= 4 is 43.4 Å². The van der Waals surface area contributed by atoms with Crippen LogP contribution in [0, 0.1) is 0 Å². The van der Waals surface area contributed by atoms with Gasteiger partial charge in [0.15, 0.2) is 10.9 Å². The normalized spacial score (nSPS) is 11.7. The Balaban J connectivity index is 1.27. The van der Waals surface area contributed by atoms with Crippen molar-refractivity contribution in [3.63, 3.8) is 0 Å². The number of nitrogens with one attached hydrogen (secondary N) is 1. The summed E-state index contributed by atoms with van der Waals surface area (Å²) < 4.78 is 33.0. The number of carbonyl (C=O) groups excluding carboxylic acids is 1. The zero-order chi connectivity index (χ0) is 24.4. The third kappa shape index (κ3) is 4.88. The molecule has 2 heterocycles. The summed E-state index contributed by atoms with van der Waals surface area (Å²) in [7, 11) is -2.16. The van der Waals surface area contributed by atoms with Crippen LogP contribution < -0.4 is 5.32 Å². The van der Waals surface area contributed by atoms with E-state index in [1.807, 2.05) is 66.0 Å². The number of carbonyl (C=O) groups is 1. The average molecular weight is 504 g/mol. The molecular formula is C26H21N3O4S2. The van der Waals surface area contributed by atoms with Crippen LogP contribution in [0.4, 0.5) is 5.13 Å². The molecule has 176 valence electrons. The second kappa shape index (κ2) is 9.46. The van der Waals surface area contributed by atoms with Crippen molar-refractivity contribution in [1.29, 1.82) is 0 Å². The molecule has 3 aromatic carbocycles. The van der Waals surface area contributed by atoms with E-state index in [1.165, 1.54) is 47.0 Å². The molecule has 0 aliphatic rings. The van der Waals surface area contributed by atoms with Gasteiger partial charge in [0.25, 0.3) is 5.91 Å². The summed E-state index contributed by atoms with van der Waals surface area (Å²) in [5.74, 6) is 0.245. The smallest absolute Gasteiger partial charge is 0.257 e. The first-order chi connectivity index (χ1) is 16.9. The lowest BCUT2D eigenvalue weighted by Crippen LogP contribution is -2.26. The number of thiazole rings is 1. The van der Waals surface area contributed by atoms with Crippen molar-refractivity contribution in [2.24, 2.45) is 0 Å². The fourth-order valence-electron chi connectivity index (χ4n) is 3.61. The molecule has 0 bridgehead atoms. The summed E-state index contributed by atoms with van der Waals surface area (Å²) in [5.41, 5.74) is 2.62. The lowest BCUT2D eigenvalue weighted by molar-refractivity contribution is 0.102. The molecule has 1 N–H and O–H groups in total. The summed E-state index contributed by atoms with van der Waals surface area (Å²) in [6.07, 6.45) is 0. The maximum Gasteiger partial charge on any atom is 0.257 e. The molecule has 0 aliphatic carbocycles. The maximum absolute atomic E-state index is 12.9. The number of anilines is 1. The van der Waals surface area contributed by atoms with E-state index in [0.717, 1.165) is 16.5 Å². The van der Waals surface area contributed by atoms with E-state index in [0.29, 0.717) is 22.1 Å². The van der Waals surface area contributed by atoms with E-state index in [4.69, 9.17) is 4.42 Å². The monoisotopic (exact) mass is 503 g/mol. The first-order valence-electron chi connectivity index (χ1n) is 10.8. The topological polar surface area (TPSA) is 92.5 Å². The van der Waals surface area contributed by atoms with E-state index in [-0.39, 0.29) is 17.3 Å². The van der Waals surface area contributed by atoms with E-state index in [9.17, 15) is 13.2 Å². The zero-order valence-corrected chi connectivity index (χ0v) is 20.3. The van der Waals surface area contributed by atoms with E-state index in [1.54, 1.807) is 0 Å². The Morgan fingerprint density at radius 1 is 1.00 bits per heavy atom. The highest BCUT2D eigenvalue weighted by Crippen LogP contribution is 2.30. The lowest BCUT2D eigenvalue weighted by atomic mass is 10.2. The van der Waals surface area contributed by atoms with Gasteiger partial charge in [-0.1, -0.05) is 48.5 Å². The molecule has 5 rings (SSSR count). The number of hydrogen-bond acceptors (Lipinski definition) is 6. The highest BCUT2D eigenvalue weighted by molar-refractivity contribution is 7.89. The Labute approximate surface area is 206 Å². The molecule has 7 nitrogen and oxygen atoms in total. The van der Waals surface area contributed by atoms with Gasteiger partial charge in [-0.15, -0.1) is 11.3 Å². The number of aromatic nitrogens is 1. The van der Waals surface area contributed by atoms with Gasteiger partial charge in [0.05, 0.1) is 4.90 Å². The van der Waals surface area contributed by atoms with Crippen LogP contribution in [-0.4, -0.2) is 30.7 Å². The Morgan fingerprint density at radius 3 is 2.46 bits per heavy atom. The number of sulfonamides is 1. The first kappa shape index (κ1) is 23.0. The van der Waals surface area contributed by atoms with Gasteiger partial charge in [0.1, 0.15) is 11.3 Å². The number of hydrogen-bond donors (Lipinski definition) is 1. The minimum absolute atomic E-state index is 0.119. The number of nitrogens with zero attached hydrogens (tertiary/aromatic N) is 2. The number of furan rings is 1. The molecule has 5 aromatic rings. The SMILES string of the molecule is CN(Cc1ccccc1)S(=O)(=O)c1ccc(C(=O)Nc2nc(-c3cc4ccccc4o3)cs2)cc1. The predicted octanol–water partition coefficient (Wildman–Crippen LogP) is 5.63. The summed E-state index contributed by atoms with van der Waals surface area (Å²) in [5, 5.41) is 5.97. The highest BCUT2D eigenvalue weighted by atomic mass is 32.2. The molecule has 1 amide bonds. The van der Waals surface area contributed by atoms with Gasteiger partial charge in [0, 0.05) is 29.9 Å². The predicted molar refractivity (Wildman–Crippen MR) is 137 cm³/mol. The molecule has 0 unspecified atom stereocenters. The zero-order valence-electron chi connectivity index (χ0n) is 18.7. The Hall–Kier alpha value is -3.79. The van der Waals surface area contributed by atoms with Gasteiger partial charge in [-0.3, -0.25) is 10.1 Å². The molecule has 0 fully saturated rings. The lowest BCUT2D eigenvalue weighted by Gasteiger charge is -2.17. The van der Waals surface area contributed by atoms with Crippen LogP contribution in [0.2, 0.25) is 0 Å². The summed E-state index contributed by atoms with van der Waals surface area (Å²) in [6.45, 7) is 0.253. The van der Waals surface area contributed by atoms with Crippen LogP contribution in [-0.2, 0) is 16.6 Å². The number of para-hydroxylation sites is 1. The number of fused-ring (bicyclic) bond motifs is 1. The molecule has 0 saturated carbocycles. The van der Waals surface area contributed by atoms with E-state index < -0.39 is 10.0 Å². The van der Waals surface area contributed by atoms with Crippen LogP contribution in [0.1, 0.15) is 15.9 Å². The minimum Gasteiger partial charge on any atom is -0.454 e. The Morgan fingerprint density at radius 2 is 1.71 bits per heavy atom. The fourth-order valence-corrected chi connectivity index (χ4v) is 5.46. The van der Waals surface area contributed by atoms with Crippen molar-refractivity contribution in [3.05, 3.63) is 101 Å². The van der Waals surface area contributed by atoms with Crippen molar-refractivity contribution < 1.29 is 17.6 Å². The molecule has 2 aromatic heterocycles. The van der Waals surface area contributed by atoms with Gasteiger partial charge in [-0.2, -0.15) is 4.31 Å². The van der Waals surface area contributed by atoms with Gasteiger partial charge in [-0.25, -0.2) is 13.4 Å². The average Bonchev–Trinajstić information content (AvgIpc) is 3.51. The second-order valence-corrected chi connectivity index (χ2v) is 10.8. The number of benzene rings is 3. The quantitative estimate of drug-likeness (QED) is 0.311. The molecular weight excluding hydrogens is 482 g/mol. The molecule has 0 saturated heterocycles. The third-order valence-corrected chi connectivity index (χ3v) is 8.05. The minimum atomic E-state index is -3.70. The van der Waals surface area contributed by atoms with Gasteiger partial charge < -0.3 is 4.42 Å². The standard InChI is InChI=1S/C26H21N3O4S2/c1-29(16-18-7-3-2-4-8-18)35(31,32)21-13-11-19(12-14-21)25(30)28-26-27-22(17-34-26)24-15-20-9-5-6-10-23(20)33-24/h2-15,17H,16H2,1H3,(H,27,28,30).